The van der Waals surface area contributed by atoms with E-state index in [0.29, 0.717) is 6.04 Å². The first kappa shape index (κ1) is 12.3. The fourth-order valence-electron chi connectivity index (χ4n) is 2.98. The third kappa shape index (κ3) is 2.58. The van der Waals surface area contributed by atoms with E-state index in [1.165, 1.54) is 19.3 Å². The van der Waals surface area contributed by atoms with Gasteiger partial charge in [0.1, 0.15) is 0 Å². The van der Waals surface area contributed by atoms with Crippen LogP contribution in [0.15, 0.2) is 0 Å². The van der Waals surface area contributed by atoms with Gasteiger partial charge in [0.05, 0.1) is 0 Å². The van der Waals surface area contributed by atoms with E-state index in [1.807, 2.05) is 0 Å². The Morgan fingerprint density at radius 2 is 2.19 bits per heavy atom. The van der Waals surface area contributed by atoms with Crippen LogP contribution in [0.25, 0.3) is 0 Å². The Hall–Kier alpha value is -0.120. The lowest BCUT2D eigenvalue weighted by atomic mass is 9.95. The van der Waals surface area contributed by atoms with Crippen molar-refractivity contribution in [2.24, 2.45) is 17.6 Å². The number of rotatable bonds is 5. The minimum absolute atomic E-state index is 0.178. The molecule has 0 bridgehead atoms. The van der Waals surface area contributed by atoms with E-state index in [-0.39, 0.29) is 5.54 Å². The average molecular weight is 225 g/mol. The van der Waals surface area contributed by atoms with Gasteiger partial charge in [0.2, 0.25) is 0 Å². The van der Waals surface area contributed by atoms with Crippen molar-refractivity contribution in [1.29, 1.82) is 0 Å². The van der Waals surface area contributed by atoms with Crippen LogP contribution in [0.1, 0.15) is 33.1 Å². The van der Waals surface area contributed by atoms with E-state index in [2.05, 4.69) is 31.1 Å². The van der Waals surface area contributed by atoms with Crippen molar-refractivity contribution in [3.8, 4) is 0 Å². The van der Waals surface area contributed by atoms with Crippen molar-refractivity contribution in [3.63, 3.8) is 0 Å². The zero-order chi connectivity index (χ0) is 11.8. The van der Waals surface area contributed by atoms with Gasteiger partial charge in [-0.25, -0.2) is 0 Å². The lowest BCUT2D eigenvalue weighted by Crippen LogP contribution is -2.54. The van der Waals surface area contributed by atoms with Crippen molar-refractivity contribution in [3.05, 3.63) is 0 Å². The number of likely N-dealkylation sites (N-methyl/N-ethyl adjacent to an activating group) is 1. The standard InChI is InChI=1S/C13H27N3/c1-10(12-4-5-12)7-15-13(8-14)6-11(2)16(3)9-13/h10-12,15H,4-9,14H2,1-3H3. The first-order chi connectivity index (χ1) is 7.56. The summed E-state index contributed by atoms with van der Waals surface area (Å²) in [6, 6.07) is 0.660. The molecule has 0 aromatic rings. The molecule has 1 saturated carbocycles. The van der Waals surface area contributed by atoms with Crippen LogP contribution in [0.5, 0.6) is 0 Å². The molecule has 2 aliphatic rings. The lowest BCUT2D eigenvalue weighted by Gasteiger charge is -2.30. The first-order valence-corrected chi connectivity index (χ1v) is 6.72. The van der Waals surface area contributed by atoms with E-state index in [9.17, 15) is 0 Å². The van der Waals surface area contributed by atoms with E-state index in [4.69, 9.17) is 5.73 Å². The molecule has 94 valence electrons. The SMILES string of the molecule is CC(CNC1(CN)CC(C)N(C)C1)C1CC1. The van der Waals surface area contributed by atoms with E-state index in [0.717, 1.165) is 31.5 Å². The summed E-state index contributed by atoms with van der Waals surface area (Å²) in [6.45, 7) is 7.67. The Morgan fingerprint density at radius 1 is 1.50 bits per heavy atom. The van der Waals surface area contributed by atoms with Gasteiger partial charge in [-0.3, -0.25) is 0 Å². The molecule has 1 aliphatic heterocycles. The molecule has 1 saturated heterocycles. The second-order valence-electron chi connectivity index (χ2n) is 6.15. The zero-order valence-electron chi connectivity index (χ0n) is 11.0. The molecular formula is C13H27N3. The average Bonchev–Trinajstić information content (AvgIpc) is 3.05. The fourth-order valence-corrected chi connectivity index (χ4v) is 2.98. The molecule has 0 aromatic heterocycles. The Morgan fingerprint density at radius 3 is 2.62 bits per heavy atom. The van der Waals surface area contributed by atoms with E-state index < -0.39 is 0 Å². The van der Waals surface area contributed by atoms with Gasteiger partial charge in [-0.05, 0) is 51.6 Å². The second kappa shape index (κ2) is 4.63. The predicted octanol–water partition coefficient (Wildman–Crippen LogP) is 1.04. The van der Waals surface area contributed by atoms with Crippen LogP contribution >= 0.6 is 0 Å². The minimum atomic E-state index is 0.178. The first-order valence-electron chi connectivity index (χ1n) is 6.72. The third-order valence-electron chi connectivity index (χ3n) is 4.61. The van der Waals surface area contributed by atoms with Crippen LogP contribution in [0.2, 0.25) is 0 Å². The van der Waals surface area contributed by atoms with Gasteiger partial charge >= 0.3 is 0 Å². The molecule has 1 aliphatic carbocycles. The Balaban J connectivity index is 1.84. The predicted molar refractivity (Wildman–Crippen MR) is 68.4 cm³/mol. The molecule has 0 amide bonds. The number of hydrogen-bond donors (Lipinski definition) is 2. The molecule has 3 atom stereocenters. The van der Waals surface area contributed by atoms with Crippen LogP contribution in [0, 0.1) is 11.8 Å². The van der Waals surface area contributed by atoms with Crippen LogP contribution in [0.3, 0.4) is 0 Å². The summed E-state index contributed by atoms with van der Waals surface area (Å²) in [4.78, 5) is 2.42. The summed E-state index contributed by atoms with van der Waals surface area (Å²) in [6.07, 6.45) is 4.07. The van der Waals surface area contributed by atoms with Crippen molar-refractivity contribution in [2.45, 2.75) is 44.7 Å². The second-order valence-corrected chi connectivity index (χ2v) is 6.15. The summed E-state index contributed by atoms with van der Waals surface area (Å²) in [5.74, 6) is 1.81. The summed E-state index contributed by atoms with van der Waals surface area (Å²) < 4.78 is 0. The highest BCUT2D eigenvalue weighted by atomic mass is 15.2. The Bertz CT molecular complexity index is 227. The topological polar surface area (TPSA) is 41.3 Å². The molecule has 3 unspecified atom stereocenters. The molecule has 2 fully saturated rings. The third-order valence-corrected chi connectivity index (χ3v) is 4.61. The van der Waals surface area contributed by atoms with Crippen LogP contribution < -0.4 is 11.1 Å². The largest absolute Gasteiger partial charge is 0.329 e. The van der Waals surface area contributed by atoms with E-state index in [1.54, 1.807) is 0 Å². The number of nitrogens with zero attached hydrogens (tertiary/aromatic N) is 1. The van der Waals surface area contributed by atoms with Crippen LogP contribution in [-0.2, 0) is 0 Å². The van der Waals surface area contributed by atoms with Crippen LogP contribution in [0.4, 0.5) is 0 Å². The van der Waals surface area contributed by atoms with Crippen molar-refractivity contribution < 1.29 is 0 Å². The van der Waals surface area contributed by atoms with Crippen molar-refractivity contribution in [2.75, 3.05) is 26.7 Å². The number of hydrogen-bond acceptors (Lipinski definition) is 3. The van der Waals surface area contributed by atoms with Gasteiger partial charge < -0.3 is 16.0 Å². The minimum Gasteiger partial charge on any atom is -0.329 e. The van der Waals surface area contributed by atoms with Gasteiger partial charge in [0, 0.05) is 24.7 Å². The number of likely N-dealkylation sites (tertiary alicyclic amines) is 1. The highest BCUT2D eigenvalue weighted by molar-refractivity contribution is 5.01. The van der Waals surface area contributed by atoms with Gasteiger partial charge in [-0.1, -0.05) is 6.92 Å². The summed E-state index contributed by atoms with van der Waals surface area (Å²) in [7, 11) is 2.20. The molecule has 0 radical (unpaired) electrons. The summed E-state index contributed by atoms with van der Waals surface area (Å²) in [5, 5.41) is 3.76. The lowest BCUT2D eigenvalue weighted by molar-refractivity contribution is 0.286. The summed E-state index contributed by atoms with van der Waals surface area (Å²) in [5.41, 5.74) is 6.16. The van der Waals surface area contributed by atoms with Crippen LogP contribution in [-0.4, -0.2) is 43.2 Å². The molecule has 3 heteroatoms. The Kier molecular flexibility index (Phi) is 3.57. The molecule has 2 rings (SSSR count). The molecule has 0 spiro atoms. The highest BCUT2D eigenvalue weighted by Gasteiger charge is 2.40. The maximum absolute atomic E-state index is 5.98. The molecule has 1 heterocycles. The van der Waals surface area contributed by atoms with Gasteiger partial charge in [0.15, 0.2) is 0 Å². The fraction of sp³-hybridized carbons (Fsp3) is 1.00. The maximum Gasteiger partial charge on any atom is 0.0447 e. The highest BCUT2D eigenvalue weighted by Crippen LogP contribution is 2.36. The number of nitrogens with two attached hydrogens (primary N) is 1. The monoisotopic (exact) mass is 225 g/mol. The van der Waals surface area contributed by atoms with Gasteiger partial charge in [-0.2, -0.15) is 0 Å². The summed E-state index contributed by atoms with van der Waals surface area (Å²) >= 11 is 0. The van der Waals surface area contributed by atoms with Gasteiger partial charge in [0.25, 0.3) is 0 Å². The van der Waals surface area contributed by atoms with E-state index >= 15 is 0 Å². The van der Waals surface area contributed by atoms with Gasteiger partial charge in [-0.15, -0.1) is 0 Å². The molecule has 3 nitrogen and oxygen atoms in total. The molecule has 0 aromatic carbocycles. The normalized spacial score (nSPS) is 37.9. The quantitative estimate of drug-likeness (QED) is 0.735. The number of nitrogens with one attached hydrogen (secondary N) is 1. The Labute approximate surface area is 99.8 Å². The maximum atomic E-state index is 5.98. The van der Waals surface area contributed by atoms with Crippen molar-refractivity contribution in [1.82, 2.24) is 10.2 Å². The molecular weight excluding hydrogens is 198 g/mol. The zero-order valence-corrected chi connectivity index (χ0v) is 11.0. The molecule has 3 N–H and O–H groups in total. The molecule has 16 heavy (non-hydrogen) atoms. The van der Waals surface area contributed by atoms with Crippen molar-refractivity contribution >= 4 is 0 Å². The smallest absolute Gasteiger partial charge is 0.0447 e.